The number of hydrogen-bond acceptors (Lipinski definition) is 9. The second kappa shape index (κ2) is 9.75. The highest BCUT2D eigenvalue weighted by Gasteiger charge is 2.44. The van der Waals surface area contributed by atoms with Crippen molar-refractivity contribution in [3.8, 4) is 11.5 Å². The van der Waals surface area contributed by atoms with Gasteiger partial charge in [-0.3, -0.25) is 14.5 Å². The summed E-state index contributed by atoms with van der Waals surface area (Å²) in [6, 6.07) is 7.17. The maximum atomic E-state index is 13.4. The first-order valence-electron chi connectivity index (χ1n) is 11.0. The van der Waals surface area contributed by atoms with Crippen LogP contribution in [0.25, 0.3) is 0 Å². The first-order chi connectivity index (χ1) is 16.8. The van der Waals surface area contributed by atoms with Crippen LogP contribution in [0.15, 0.2) is 30.3 Å². The molecule has 2 aromatic rings. The van der Waals surface area contributed by atoms with Gasteiger partial charge in [-0.25, -0.2) is 14.5 Å². The van der Waals surface area contributed by atoms with Gasteiger partial charge < -0.3 is 18.9 Å². The average Bonchev–Trinajstić information content (AvgIpc) is 3.19. The van der Waals surface area contributed by atoms with Crippen LogP contribution in [0.1, 0.15) is 38.3 Å². The summed E-state index contributed by atoms with van der Waals surface area (Å²) in [5.74, 6) is -1.01. The molecule has 2 aliphatic rings. The van der Waals surface area contributed by atoms with Gasteiger partial charge in [0.1, 0.15) is 0 Å². The molecular weight excluding hydrogens is 456 g/mol. The molecule has 0 unspecified atom stereocenters. The standard InChI is InChI=1S/C25H26N2O8/c1-32-20-10-14-5-6-26(13-17(14)11-21(20)33-2)19-12-22(28)27(23(19)29)18-8-15(24(30)34-3)7-16(9-18)25(31)35-4/h7-11,19H,5-6,12-13H2,1-4H3/t19-/m0/s1. The summed E-state index contributed by atoms with van der Waals surface area (Å²) in [5.41, 5.74) is 2.27. The minimum atomic E-state index is -0.704. The van der Waals surface area contributed by atoms with Gasteiger partial charge in [0, 0.05) is 13.1 Å². The van der Waals surface area contributed by atoms with Crippen molar-refractivity contribution in [1.29, 1.82) is 0 Å². The predicted octanol–water partition coefficient (Wildman–Crippen LogP) is 1.97. The Morgan fingerprint density at radius 1 is 0.829 bits per heavy atom. The van der Waals surface area contributed by atoms with Crippen LogP contribution in [0.4, 0.5) is 5.69 Å². The second-order valence-corrected chi connectivity index (χ2v) is 8.24. The van der Waals surface area contributed by atoms with E-state index in [4.69, 9.17) is 18.9 Å². The minimum absolute atomic E-state index is 0.0164. The molecule has 0 radical (unpaired) electrons. The van der Waals surface area contributed by atoms with Gasteiger partial charge in [-0.1, -0.05) is 0 Å². The molecule has 0 aliphatic carbocycles. The van der Waals surface area contributed by atoms with Crippen LogP contribution in [-0.2, 0) is 32.0 Å². The first kappa shape index (κ1) is 24.2. The SMILES string of the molecule is COC(=O)c1cc(C(=O)OC)cc(N2C(=O)C[C@H](N3CCc4cc(OC)c(OC)cc4C3)C2=O)c1. The van der Waals surface area contributed by atoms with Crippen LogP contribution in [0.5, 0.6) is 11.5 Å². The van der Waals surface area contributed by atoms with Gasteiger partial charge in [0.15, 0.2) is 11.5 Å². The summed E-state index contributed by atoms with van der Waals surface area (Å²) >= 11 is 0. The van der Waals surface area contributed by atoms with E-state index in [1.54, 1.807) is 14.2 Å². The number of fused-ring (bicyclic) bond motifs is 1. The Morgan fingerprint density at radius 3 is 1.94 bits per heavy atom. The Hall–Kier alpha value is -3.92. The van der Waals surface area contributed by atoms with Gasteiger partial charge in [0.25, 0.3) is 5.91 Å². The van der Waals surface area contributed by atoms with Gasteiger partial charge >= 0.3 is 11.9 Å². The lowest BCUT2D eigenvalue weighted by molar-refractivity contribution is -0.123. The minimum Gasteiger partial charge on any atom is -0.493 e. The number of anilines is 1. The van der Waals surface area contributed by atoms with E-state index < -0.39 is 29.8 Å². The highest BCUT2D eigenvalue weighted by molar-refractivity contribution is 6.23. The fraction of sp³-hybridized carbons (Fsp3) is 0.360. The van der Waals surface area contributed by atoms with E-state index in [1.165, 1.54) is 32.4 Å². The van der Waals surface area contributed by atoms with Crippen molar-refractivity contribution in [3.63, 3.8) is 0 Å². The molecule has 1 saturated heterocycles. The lowest BCUT2D eigenvalue weighted by Crippen LogP contribution is -2.44. The number of esters is 2. The third-order valence-electron chi connectivity index (χ3n) is 6.33. The number of benzene rings is 2. The second-order valence-electron chi connectivity index (χ2n) is 8.24. The number of rotatable bonds is 6. The number of ether oxygens (including phenoxy) is 4. The van der Waals surface area contributed by atoms with Crippen LogP contribution in [-0.4, -0.2) is 69.7 Å². The molecule has 184 valence electrons. The van der Waals surface area contributed by atoms with E-state index in [0.29, 0.717) is 31.0 Å². The van der Waals surface area contributed by atoms with Crippen molar-refractivity contribution in [3.05, 3.63) is 52.6 Å². The molecule has 0 aromatic heterocycles. The fourth-order valence-corrected chi connectivity index (χ4v) is 4.56. The Labute approximate surface area is 202 Å². The van der Waals surface area contributed by atoms with Gasteiger partial charge in [-0.05, 0) is 47.9 Å². The summed E-state index contributed by atoms with van der Waals surface area (Å²) in [5, 5.41) is 0. The smallest absolute Gasteiger partial charge is 0.337 e. The fourth-order valence-electron chi connectivity index (χ4n) is 4.56. The number of imide groups is 1. The molecule has 1 atom stereocenters. The molecule has 0 N–H and O–H groups in total. The van der Waals surface area contributed by atoms with E-state index in [2.05, 4.69) is 0 Å². The van der Waals surface area contributed by atoms with E-state index in [-0.39, 0.29) is 23.2 Å². The summed E-state index contributed by atoms with van der Waals surface area (Å²) in [6.45, 7) is 1.04. The number of hydrogen-bond donors (Lipinski definition) is 0. The Morgan fingerprint density at radius 2 is 1.40 bits per heavy atom. The zero-order valence-electron chi connectivity index (χ0n) is 20.0. The summed E-state index contributed by atoms with van der Waals surface area (Å²) in [6.07, 6.45) is 0.662. The molecule has 10 nitrogen and oxygen atoms in total. The molecule has 0 bridgehead atoms. The zero-order valence-corrected chi connectivity index (χ0v) is 20.0. The van der Waals surface area contributed by atoms with Crippen molar-refractivity contribution in [2.75, 3.05) is 39.9 Å². The lowest BCUT2D eigenvalue weighted by Gasteiger charge is -2.32. The number of methoxy groups -OCH3 is 4. The monoisotopic (exact) mass is 482 g/mol. The van der Waals surface area contributed by atoms with Gasteiger partial charge in [0.2, 0.25) is 5.91 Å². The van der Waals surface area contributed by atoms with E-state index >= 15 is 0 Å². The van der Waals surface area contributed by atoms with E-state index in [0.717, 1.165) is 16.0 Å². The maximum Gasteiger partial charge on any atom is 0.337 e. The molecule has 0 spiro atoms. The van der Waals surface area contributed by atoms with Crippen LogP contribution >= 0.6 is 0 Å². The van der Waals surface area contributed by atoms with Crippen LogP contribution < -0.4 is 14.4 Å². The van der Waals surface area contributed by atoms with E-state index in [1.807, 2.05) is 17.0 Å². The molecule has 2 heterocycles. The highest BCUT2D eigenvalue weighted by atomic mass is 16.5. The molecule has 2 amide bonds. The quantitative estimate of drug-likeness (QED) is 0.451. The van der Waals surface area contributed by atoms with Crippen molar-refractivity contribution >= 4 is 29.4 Å². The average molecular weight is 482 g/mol. The molecular formula is C25H26N2O8. The highest BCUT2D eigenvalue weighted by Crippen LogP contribution is 2.35. The molecule has 4 rings (SSSR count). The van der Waals surface area contributed by atoms with Crippen molar-refractivity contribution in [1.82, 2.24) is 4.90 Å². The largest absolute Gasteiger partial charge is 0.493 e. The predicted molar refractivity (Wildman–Crippen MR) is 124 cm³/mol. The van der Waals surface area contributed by atoms with Crippen LogP contribution in [0.2, 0.25) is 0 Å². The molecule has 10 heteroatoms. The Kier molecular flexibility index (Phi) is 6.74. The van der Waals surface area contributed by atoms with Gasteiger partial charge in [-0.15, -0.1) is 0 Å². The molecule has 35 heavy (non-hydrogen) atoms. The number of nitrogens with zero attached hydrogens (tertiary/aromatic N) is 2. The molecule has 1 fully saturated rings. The summed E-state index contributed by atoms with van der Waals surface area (Å²) in [4.78, 5) is 53.7. The van der Waals surface area contributed by atoms with Crippen molar-refractivity contribution in [2.45, 2.75) is 25.4 Å². The molecule has 0 saturated carbocycles. The Balaban J connectivity index is 1.63. The summed E-state index contributed by atoms with van der Waals surface area (Å²) in [7, 11) is 5.55. The first-order valence-corrected chi connectivity index (χ1v) is 11.0. The number of amides is 2. The van der Waals surface area contributed by atoms with Crippen molar-refractivity contribution < 1.29 is 38.1 Å². The third kappa shape index (κ3) is 4.44. The van der Waals surface area contributed by atoms with Crippen LogP contribution in [0.3, 0.4) is 0 Å². The lowest BCUT2D eigenvalue weighted by atomic mass is 9.97. The van der Waals surface area contributed by atoms with Gasteiger partial charge in [-0.2, -0.15) is 0 Å². The molecule has 2 aromatic carbocycles. The number of carbonyl (C=O) groups is 4. The topological polar surface area (TPSA) is 112 Å². The zero-order chi connectivity index (χ0) is 25.3. The number of carbonyl (C=O) groups excluding carboxylic acids is 4. The molecule has 2 aliphatic heterocycles. The normalized spacial score (nSPS) is 17.7. The maximum absolute atomic E-state index is 13.4. The van der Waals surface area contributed by atoms with Crippen molar-refractivity contribution in [2.24, 2.45) is 0 Å². The van der Waals surface area contributed by atoms with Crippen LogP contribution in [0, 0.1) is 0 Å². The Bertz CT molecular complexity index is 1170. The summed E-state index contributed by atoms with van der Waals surface area (Å²) < 4.78 is 20.3. The third-order valence-corrected chi connectivity index (χ3v) is 6.33. The van der Waals surface area contributed by atoms with E-state index in [9.17, 15) is 19.2 Å². The van der Waals surface area contributed by atoms with Gasteiger partial charge in [0.05, 0.1) is 57.7 Å².